The Kier molecular flexibility index (Phi) is 4.12. The number of rotatable bonds is 3. The lowest BCUT2D eigenvalue weighted by molar-refractivity contribution is 0.771. The van der Waals surface area contributed by atoms with Gasteiger partial charge in [0.15, 0.2) is 0 Å². The highest BCUT2D eigenvalue weighted by molar-refractivity contribution is 9.10. The molecule has 0 saturated heterocycles. The molecule has 1 aromatic rings. The molecule has 0 heterocycles. The fourth-order valence-corrected chi connectivity index (χ4v) is 1.91. The molecule has 0 radical (unpaired) electrons. The third kappa shape index (κ3) is 3.17. The first kappa shape index (κ1) is 10.1. The van der Waals surface area contributed by atoms with Crippen LogP contribution < -0.4 is 4.72 Å². The molecule has 0 spiro atoms. The van der Waals surface area contributed by atoms with Gasteiger partial charge < -0.3 is 0 Å². The van der Waals surface area contributed by atoms with Gasteiger partial charge in [-0.2, -0.15) is 0 Å². The van der Waals surface area contributed by atoms with Crippen molar-refractivity contribution in [3.8, 4) is 0 Å². The topological polar surface area (TPSA) is 12.0 Å². The van der Waals surface area contributed by atoms with E-state index in [1.54, 1.807) is 11.9 Å². The van der Waals surface area contributed by atoms with E-state index in [1.807, 2.05) is 18.2 Å². The highest BCUT2D eigenvalue weighted by Crippen LogP contribution is 2.24. The molecule has 66 valence electrons. The SMILES string of the molecule is CC(C)NSc1ccccc1Br. The molecule has 0 aliphatic carbocycles. The Labute approximate surface area is 86.2 Å². The van der Waals surface area contributed by atoms with Gasteiger partial charge in [0.05, 0.1) is 0 Å². The van der Waals surface area contributed by atoms with Crippen LogP contribution in [0.15, 0.2) is 33.6 Å². The molecule has 0 amide bonds. The fraction of sp³-hybridized carbons (Fsp3) is 0.333. The molecule has 0 unspecified atom stereocenters. The molecular weight excluding hydrogens is 234 g/mol. The van der Waals surface area contributed by atoms with E-state index in [9.17, 15) is 0 Å². The van der Waals surface area contributed by atoms with Gasteiger partial charge in [-0.1, -0.05) is 12.1 Å². The summed E-state index contributed by atoms with van der Waals surface area (Å²) in [7, 11) is 0. The van der Waals surface area contributed by atoms with E-state index < -0.39 is 0 Å². The van der Waals surface area contributed by atoms with Gasteiger partial charge in [0.1, 0.15) is 0 Å². The van der Waals surface area contributed by atoms with Gasteiger partial charge >= 0.3 is 0 Å². The van der Waals surface area contributed by atoms with Crippen molar-refractivity contribution in [1.29, 1.82) is 0 Å². The molecule has 3 heteroatoms. The molecule has 0 aliphatic rings. The normalized spacial score (nSPS) is 10.7. The molecule has 1 N–H and O–H groups in total. The quantitative estimate of drug-likeness (QED) is 0.820. The first-order valence-electron chi connectivity index (χ1n) is 3.87. The Bertz CT molecular complexity index is 250. The summed E-state index contributed by atoms with van der Waals surface area (Å²) in [6.45, 7) is 4.26. The van der Waals surface area contributed by atoms with Crippen LogP contribution in [-0.4, -0.2) is 6.04 Å². The number of nitrogens with one attached hydrogen (secondary N) is 1. The summed E-state index contributed by atoms with van der Waals surface area (Å²) in [5.41, 5.74) is 0. The third-order valence-corrected chi connectivity index (χ3v) is 3.36. The zero-order chi connectivity index (χ0) is 8.97. The van der Waals surface area contributed by atoms with Crippen molar-refractivity contribution in [3.63, 3.8) is 0 Å². The molecule has 1 nitrogen and oxygen atoms in total. The summed E-state index contributed by atoms with van der Waals surface area (Å²) in [4.78, 5) is 1.23. The minimum Gasteiger partial charge on any atom is -0.257 e. The van der Waals surface area contributed by atoms with Crippen molar-refractivity contribution in [3.05, 3.63) is 28.7 Å². The van der Waals surface area contributed by atoms with E-state index in [4.69, 9.17) is 0 Å². The fourth-order valence-electron chi connectivity index (χ4n) is 0.709. The average Bonchev–Trinajstić information content (AvgIpc) is 2.03. The smallest absolute Gasteiger partial charge is 0.0370 e. The summed E-state index contributed by atoms with van der Waals surface area (Å²) in [6, 6.07) is 8.69. The highest BCUT2D eigenvalue weighted by atomic mass is 79.9. The van der Waals surface area contributed by atoms with E-state index in [0.29, 0.717) is 6.04 Å². The molecule has 0 aromatic heterocycles. The zero-order valence-corrected chi connectivity index (χ0v) is 9.58. The van der Waals surface area contributed by atoms with Crippen LogP contribution in [0.1, 0.15) is 13.8 Å². The molecule has 0 aliphatic heterocycles. The van der Waals surface area contributed by atoms with Gasteiger partial charge in [-0.3, -0.25) is 4.72 Å². The summed E-state index contributed by atoms with van der Waals surface area (Å²) in [5.74, 6) is 0. The van der Waals surface area contributed by atoms with Crippen molar-refractivity contribution >= 4 is 27.9 Å². The number of halogens is 1. The largest absolute Gasteiger partial charge is 0.257 e. The predicted molar refractivity (Wildman–Crippen MR) is 58.3 cm³/mol. The number of hydrogen-bond donors (Lipinski definition) is 1. The van der Waals surface area contributed by atoms with Crippen molar-refractivity contribution in [2.45, 2.75) is 24.8 Å². The zero-order valence-electron chi connectivity index (χ0n) is 7.17. The molecule has 0 bridgehead atoms. The molecule has 0 saturated carbocycles. The standard InChI is InChI=1S/C9H12BrNS/c1-7(2)11-12-9-6-4-3-5-8(9)10/h3-7,11H,1-2H3. The van der Waals surface area contributed by atoms with Crippen molar-refractivity contribution in [2.24, 2.45) is 0 Å². The lowest BCUT2D eigenvalue weighted by atomic mass is 10.4. The number of benzene rings is 1. The van der Waals surface area contributed by atoms with E-state index in [2.05, 4.69) is 40.6 Å². The van der Waals surface area contributed by atoms with Crippen LogP contribution in [0.3, 0.4) is 0 Å². The van der Waals surface area contributed by atoms with E-state index in [-0.39, 0.29) is 0 Å². The van der Waals surface area contributed by atoms with Crippen molar-refractivity contribution in [2.75, 3.05) is 0 Å². The van der Waals surface area contributed by atoms with Crippen molar-refractivity contribution in [1.82, 2.24) is 4.72 Å². The second-order valence-electron chi connectivity index (χ2n) is 2.81. The maximum Gasteiger partial charge on any atom is 0.0370 e. The molecule has 1 aromatic carbocycles. The first-order chi connectivity index (χ1) is 5.70. The second-order valence-corrected chi connectivity index (χ2v) is 4.54. The molecule has 0 fully saturated rings. The van der Waals surface area contributed by atoms with Gasteiger partial charge in [-0.25, -0.2) is 0 Å². The third-order valence-electron chi connectivity index (χ3n) is 1.24. The molecule has 0 atom stereocenters. The second kappa shape index (κ2) is 4.90. The van der Waals surface area contributed by atoms with Gasteiger partial charge in [0, 0.05) is 15.4 Å². The van der Waals surface area contributed by atoms with Crippen LogP contribution in [0.4, 0.5) is 0 Å². The maximum absolute atomic E-state index is 3.49. The van der Waals surface area contributed by atoms with Gasteiger partial charge in [0.25, 0.3) is 0 Å². The monoisotopic (exact) mass is 245 g/mol. The van der Waals surface area contributed by atoms with E-state index >= 15 is 0 Å². The van der Waals surface area contributed by atoms with Crippen LogP contribution in [0.2, 0.25) is 0 Å². The Morgan fingerprint density at radius 1 is 1.33 bits per heavy atom. The molecular formula is C9H12BrNS. The number of hydrogen-bond acceptors (Lipinski definition) is 2. The molecule has 1 rings (SSSR count). The molecule has 12 heavy (non-hydrogen) atoms. The van der Waals surface area contributed by atoms with Crippen LogP contribution >= 0.6 is 27.9 Å². The van der Waals surface area contributed by atoms with E-state index in [0.717, 1.165) is 4.47 Å². The predicted octanol–water partition coefficient (Wildman–Crippen LogP) is 3.45. The van der Waals surface area contributed by atoms with Crippen molar-refractivity contribution < 1.29 is 0 Å². The summed E-state index contributed by atoms with van der Waals surface area (Å²) in [6.07, 6.45) is 0. The first-order valence-corrected chi connectivity index (χ1v) is 5.48. The van der Waals surface area contributed by atoms with Gasteiger partial charge in [0.2, 0.25) is 0 Å². The Morgan fingerprint density at radius 2 is 2.00 bits per heavy atom. The van der Waals surface area contributed by atoms with Gasteiger partial charge in [-0.15, -0.1) is 0 Å². The van der Waals surface area contributed by atoms with Crippen LogP contribution in [0.25, 0.3) is 0 Å². The Hall–Kier alpha value is 0.01000. The Morgan fingerprint density at radius 3 is 2.58 bits per heavy atom. The van der Waals surface area contributed by atoms with Crippen LogP contribution in [0, 0.1) is 0 Å². The van der Waals surface area contributed by atoms with Crippen LogP contribution in [-0.2, 0) is 0 Å². The van der Waals surface area contributed by atoms with Crippen LogP contribution in [0.5, 0.6) is 0 Å². The minimum absolute atomic E-state index is 0.502. The minimum atomic E-state index is 0.502. The average molecular weight is 246 g/mol. The Balaban J connectivity index is 2.57. The summed E-state index contributed by atoms with van der Waals surface area (Å²) < 4.78 is 4.43. The lowest BCUT2D eigenvalue weighted by Gasteiger charge is -2.07. The summed E-state index contributed by atoms with van der Waals surface area (Å²) in [5, 5.41) is 0. The maximum atomic E-state index is 3.49. The summed E-state index contributed by atoms with van der Waals surface area (Å²) >= 11 is 5.14. The van der Waals surface area contributed by atoms with E-state index in [1.165, 1.54) is 4.90 Å². The lowest BCUT2D eigenvalue weighted by Crippen LogP contribution is -2.13. The van der Waals surface area contributed by atoms with Gasteiger partial charge in [-0.05, 0) is 53.9 Å². The highest BCUT2D eigenvalue weighted by Gasteiger charge is 1.99.